The van der Waals surface area contributed by atoms with Crippen LogP contribution in [0.15, 0.2) is 36.4 Å². The number of halogens is 3. The van der Waals surface area contributed by atoms with Crippen molar-refractivity contribution in [2.45, 2.75) is 38.6 Å². The first kappa shape index (κ1) is 22.3. The normalized spacial score (nSPS) is 18.9. The van der Waals surface area contributed by atoms with Gasteiger partial charge in [-0.1, -0.05) is 45.0 Å². The first-order valence-corrected chi connectivity index (χ1v) is 9.53. The van der Waals surface area contributed by atoms with E-state index in [0.29, 0.717) is 16.5 Å². The number of imide groups is 1. The van der Waals surface area contributed by atoms with Gasteiger partial charge in [-0.2, -0.15) is 0 Å². The summed E-state index contributed by atoms with van der Waals surface area (Å²) < 4.78 is 40.1. The van der Waals surface area contributed by atoms with Crippen molar-refractivity contribution in [1.82, 2.24) is 10.2 Å². The maximum Gasteiger partial charge on any atom is 0.325 e. The maximum atomic E-state index is 13.8. The average molecular weight is 433 g/mol. The fourth-order valence-corrected chi connectivity index (χ4v) is 3.30. The summed E-state index contributed by atoms with van der Waals surface area (Å²) in [6.45, 7) is 6.93. The second-order valence-electron chi connectivity index (χ2n) is 8.54. The third-order valence-electron chi connectivity index (χ3n) is 5.21. The maximum absolute atomic E-state index is 13.8. The highest BCUT2D eigenvalue weighted by Gasteiger charge is 2.49. The molecule has 0 aromatic heterocycles. The highest BCUT2D eigenvalue weighted by atomic mass is 19.2. The highest BCUT2D eigenvalue weighted by Crippen LogP contribution is 2.31. The van der Waals surface area contributed by atoms with Gasteiger partial charge in [-0.25, -0.2) is 18.0 Å². The molecule has 0 aliphatic carbocycles. The van der Waals surface area contributed by atoms with E-state index in [9.17, 15) is 27.6 Å². The number of anilines is 1. The number of hydrogen-bond acceptors (Lipinski definition) is 3. The SMILES string of the molecule is CC(C)(C)c1ccc([C@]2(C)NC(=O)N(CC(=O)Nc3ccc(F)c(F)c3F)C2=O)cc1. The Morgan fingerprint density at radius 2 is 1.65 bits per heavy atom. The van der Waals surface area contributed by atoms with Crippen LogP contribution < -0.4 is 10.6 Å². The fraction of sp³-hybridized carbons (Fsp3) is 0.318. The summed E-state index contributed by atoms with van der Waals surface area (Å²) in [4.78, 5) is 38.3. The van der Waals surface area contributed by atoms with Crippen molar-refractivity contribution in [2.75, 3.05) is 11.9 Å². The minimum atomic E-state index is -1.74. The van der Waals surface area contributed by atoms with Crippen LogP contribution in [0.2, 0.25) is 0 Å². The Bertz CT molecular complexity index is 1060. The molecule has 31 heavy (non-hydrogen) atoms. The molecule has 4 amide bonds. The van der Waals surface area contributed by atoms with Crippen LogP contribution in [0.25, 0.3) is 0 Å². The van der Waals surface area contributed by atoms with Crippen molar-refractivity contribution in [3.63, 3.8) is 0 Å². The zero-order valence-electron chi connectivity index (χ0n) is 17.5. The molecule has 1 atom stereocenters. The molecular weight excluding hydrogens is 411 g/mol. The average Bonchev–Trinajstić information content (AvgIpc) is 2.92. The van der Waals surface area contributed by atoms with Crippen LogP contribution in [0.5, 0.6) is 0 Å². The van der Waals surface area contributed by atoms with E-state index < -0.39 is 53.1 Å². The van der Waals surface area contributed by atoms with Crippen molar-refractivity contribution in [2.24, 2.45) is 0 Å². The smallest absolute Gasteiger partial charge is 0.322 e. The van der Waals surface area contributed by atoms with Crippen LogP contribution >= 0.6 is 0 Å². The van der Waals surface area contributed by atoms with Gasteiger partial charge < -0.3 is 10.6 Å². The van der Waals surface area contributed by atoms with Gasteiger partial charge in [-0.3, -0.25) is 14.5 Å². The Morgan fingerprint density at radius 3 is 2.23 bits per heavy atom. The lowest BCUT2D eigenvalue weighted by Crippen LogP contribution is -2.42. The highest BCUT2D eigenvalue weighted by molar-refractivity contribution is 6.10. The third kappa shape index (κ3) is 4.12. The minimum Gasteiger partial charge on any atom is -0.322 e. The first-order valence-electron chi connectivity index (χ1n) is 9.53. The van der Waals surface area contributed by atoms with Gasteiger partial charge in [0.1, 0.15) is 12.1 Å². The van der Waals surface area contributed by atoms with Crippen molar-refractivity contribution >= 4 is 23.5 Å². The number of benzene rings is 2. The lowest BCUT2D eigenvalue weighted by molar-refractivity contribution is -0.133. The molecule has 1 aliphatic heterocycles. The molecule has 0 saturated carbocycles. The molecule has 0 unspecified atom stereocenters. The van der Waals surface area contributed by atoms with Crippen molar-refractivity contribution in [1.29, 1.82) is 0 Å². The number of rotatable bonds is 4. The molecule has 1 fully saturated rings. The van der Waals surface area contributed by atoms with Crippen LogP contribution in [-0.2, 0) is 20.5 Å². The van der Waals surface area contributed by atoms with Gasteiger partial charge in [0.25, 0.3) is 5.91 Å². The molecule has 1 heterocycles. The second-order valence-corrected chi connectivity index (χ2v) is 8.54. The lowest BCUT2D eigenvalue weighted by atomic mass is 9.84. The Kier molecular flexibility index (Phi) is 5.56. The molecule has 0 bridgehead atoms. The van der Waals surface area contributed by atoms with E-state index in [-0.39, 0.29) is 5.41 Å². The monoisotopic (exact) mass is 433 g/mol. The van der Waals surface area contributed by atoms with E-state index in [2.05, 4.69) is 5.32 Å². The number of carbonyl (C=O) groups excluding carboxylic acids is 3. The van der Waals surface area contributed by atoms with Gasteiger partial charge in [0.15, 0.2) is 17.5 Å². The van der Waals surface area contributed by atoms with Gasteiger partial charge in [-0.15, -0.1) is 0 Å². The summed E-state index contributed by atoms with van der Waals surface area (Å²) in [6.07, 6.45) is 0. The van der Waals surface area contributed by atoms with E-state index in [0.717, 1.165) is 11.6 Å². The largest absolute Gasteiger partial charge is 0.325 e. The molecule has 9 heteroatoms. The van der Waals surface area contributed by atoms with Gasteiger partial charge >= 0.3 is 6.03 Å². The number of carbonyl (C=O) groups is 3. The predicted octanol–water partition coefficient (Wildman–Crippen LogP) is 3.81. The lowest BCUT2D eigenvalue weighted by Gasteiger charge is -2.24. The molecule has 2 N–H and O–H groups in total. The zero-order chi connectivity index (χ0) is 23.1. The Hall–Kier alpha value is -3.36. The van der Waals surface area contributed by atoms with E-state index in [4.69, 9.17) is 0 Å². The molecule has 164 valence electrons. The summed E-state index contributed by atoms with van der Waals surface area (Å²) in [6, 6.07) is 7.90. The van der Waals surface area contributed by atoms with Gasteiger partial charge in [0.2, 0.25) is 5.91 Å². The van der Waals surface area contributed by atoms with E-state index in [1.807, 2.05) is 38.2 Å². The molecule has 2 aromatic rings. The number of hydrogen-bond donors (Lipinski definition) is 2. The Balaban J connectivity index is 1.77. The van der Waals surface area contributed by atoms with Crippen molar-refractivity contribution < 1.29 is 27.6 Å². The number of urea groups is 1. The minimum absolute atomic E-state index is 0.0956. The summed E-state index contributed by atoms with van der Waals surface area (Å²) in [5, 5.41) is 4.62. The Labute approximate surface area is 177 Å². The third-order valence-corrected chi connectivity index (χ3v) is 5.21. The standard InChI is InChI=1S/C22H22F3N3O3/c1-21(2,3)12-5-7-13(8-6-12)22(4)19(30)28(20(31)27-22)11-16(29)26-15-10-9-14(23)17(24)18(15)25/h5-10H,11H2,1-4H3,(H,26,29)(H,27,31)/t22-/m0/s1. The van der Waals surface area contributed by atoms with Crippen LogP contribution in [0.3, 0.4) is 0 Å². The van der Waals surface area contributed by atoms with Crippen LogP contribution in [0.1, 0.15) is 38.8 Å². The van der Waals surface area contributed by atoms with Crippen LogP contribution in [0, 0.1) is 17.5 Å². The zero-order valence-corrected chi connectivity index (χ0v) is 17.5. The van der Waals surface area contributed by atoms with Gasteiger partial charge in [0, 0.05) is 0 Å². The quantitative estimate of drug-likeness (QED) is 0.569. The molecule has 1 saturated heterocycles. The number of amides is 4. The number of nitrogens with zero attached hydrogens (tertiary/aromatic N) is 1. The molecular formula is C22H22F3N3O3. The van der Waals surface area contributed by atoms with Gasteiger partial charge in [0.05, 0.1) is 5.69 Å². The molecule has 0 spiro atoms. The molecule has 3 rings (SSSR count). The van der Waals surface area contributed by atoms with Crippen LogP contribution in [0.4, 0.5) is 23.7 Å². The molecule has 1 aliphatic rings. The first-order chi connectivity index (χ1) is 14.3. The second kappa shape index (κ2) is 7.72. The molecule has 0 radical (unpaired) electrons. The summed E-state index contributed by atoms with van der Waals surface area (Å²) >= 11 is 0. The predicted molar refractivity (Wildman–Crippen MR) is 108 cm³/mol. The summed E-state index contributed by atoms with van der Waals surface area (Å²) in [5.74, 6) is -6.33. The van der Waals surface area contributed by atoms with Crippen molar-refractivity contribution in [3.8, 4) is 0 Å². The van der Waals surface area contributed by atoms with E-state index >= 15 is 0 Å². The molecule has 2 aromatic carbocycles. The summed E-state index contributed by atoms with van der Waals surface area (Å²) in [7, 11) is 0. The Morgan fingerprint density at radius 1 is 1.03 bits per heavy atom. The number of nitrogens with one attached hydrogen (secondary N) is 2. The molecule has 6 nitrogen and oxygen atoms in total. The summed E-state index contributed by atoms with van der Waals surface area (Å²) in [5.41, 5.74) is -0.505. The van der Waals surface area contributed by atoms with Gasteiger partial charge in [-0.05, 0) is 35.6 Å². The van der Waals surface area contributed by atoms with Crippen molar-refractivity contribution in [3.05, 3.63) is 65.0 Å². The topological polar surface area (TPSA) is 78.5 Å². The van der Waals surface area contributed by atoms with E-state index in [1.54, 1.807) is 12.1 Å². The fourth-order valence-electron chi connectivity index (χ4n) is 3.30. The van der Waals surface area contributed by atoms with E-state index in [1.165, 1.54) is 6.92 Å². The van der Waals surface area contributed by atoms with Crippen LogP contribution in [-0.4, -0.2) is 29.3 Å².